The molecule has 0 spiro atoms. The van der Waals surface area contributed by atoms with Crippen LogP contribution >= 0.6 is 11.3 Å². The van der Waals surface area contributed by atoms with E-state index < -0.39 is 0 Å². The van der Waals surface area contributed by atoms with Gasteiger partial charge in [-0.15, -0.1) is 11.3 Å². The van der Waals surface area contributed by atoms with Gasteiger partial charge in [-0.3, -0.25) is 14.3 Å². The molecule has 1 aliphatic rings. The molecule has 1 aromatic carbocycles. The molecule has 10 heteroatoms. The van der Waals surface area contributed by atoms with E-state index in [1.165, 1.54) is 20.9 Å². The van der Waals surface area contributed by atoms with Gasteiger partial charge in [0.15, 0.2) is 5.82 Å². The van der Waals surface area contributed by atoms with E-state index in [-0.39, 0.29) is 23.5 Å². The molecule has 4 aromatic rings. The first-order valence-corrected chi connectivity index (χ1v) is 12.8. The van der Waals surface area contributed by atoms with Crippen LogP contribution in [0.1, 0.15) is 52.1 Å². The maximum absolute atomic E-state index is 13.4. The smallest absolute Gasteiger partial charge is 0.290 e. The maximum atomic E-state index is 13.4. The highest BCUT2D eigenvalue weighted by Crippen LogP contribution is 2.41. The number of anilines is 3. The van der Waals surface area contributed by atoms with E-state index in [0.29, 0.717) is 40.6 Å². The highest BCUT2D eigenvalue weighted by Gasteiger charge is 2.34. The normalized spacial score (nSPS) is 13.4. The number of rotatable bonds is 5. The molecule has 2 N–H and O–H groups in total. The monoisotopic (exact) mass is 518 g/mol. The minimum Gasteiger partial charge on any atom is -0.392 e. The van der Waals surface area contributed by atoms with E-state index in [0.717, 1.165) is 16.1 Å². The van der Waals surface area contributed by atoms with Crippen molar-refractivity contribution in [3.63, 3.8) is 0 Å². The molecule has 5 rings (SSSR count). The van der Waals surface area contributed by atoms with Crippen molar-refractivity contribution < 1.29 is 9.90 Å². The zero-order valence-electron chi connectivity index (χ0n) is 21.8. The molecule has 0 fully saturated rings. The van der Waals surface area contributed by atoms with Gasteiger partial charge in [-0.2, -0.15) is 10.2 Å². The largest absolute Gasteiger partial charge is 0.392 e. The van der Waals surface area contributed by atoms with E-state index >= 15 is 0 Å². The number of aliphatic hydroxyl groups excluding tert-OH is 1. The first kappa shape index (κ1) is 24.9. The molecule has 0 saturated heterocycles. The van der Waals surface area contributed by atoms with Crippen LogP contribution in [0.3, 0.4) is 0 Å². The van der Waals surface area contributed by atoms with Crippen LogP contribution in [-0.4, -0.2) is 30.6 Å². The summed E-state index contributed by atoms with van der Waals surface area (Å²) in [5.41, 5.74) is 4.30. The van der Waals surface area contributed by atoms with Gasteiger partial charge in [0.1, 0.15) is 5.69 Å². The standard InChI is InChI=1S/C27H30N6O3S/c1-15-10-23(30-31(15)5)28-20-12-19(29-32(6)25(20)35)17-8-7-9-21(18(17)14-34)33-13-16-11-22(27(2,3)4)37-24(16)26(33)36/h7-12,34H,13-14H2,1-6H3,(H,28,30). The first-order chi connectivity index (χ1) is 17.5. The van der Waals surface area contributed by atoms with Crippen LogP contribution in [-0.2, 0) is 32.7 Å². The number of nitrogens with one attached hydrogen (secondary N) is 1. The van der Waals surface area contributed by atoms with Crippen LogP contribution in [0.5, 0.6) is 0 Å². The lowest BCUT2D eigenvalue weighted by molar-refractivity contribution is 0.0999. The Morgan fingerprint density at radius 2 is 1.84 bits per heavy atom. The summed E-state index contributed by atoms with van der Waals surface area (Å²) >= 11 is 1.54. The molecule has 0 atom stereocenters. The molecule has 1 aliphatic heterocycles. The molecule has 0 bridgehead atoms. The Kier molecular flexibility index (Phi) is 6.04. The predicted molar refractivity (Wildman–Crippen MR) is 146 cm³/mol. The summed E-state index contributed by atoms with van der Waals surface area (Å²) < 4.78 is 2.98. The van der Waals surface area contributed by atoms with Crippen molar-refractivity contribution in [2.24, 2.45) is 14.1 Å². The van der Waals surface area contributed by atoms with Crippen molar-refractivity contribution in [1.29, 1.82) is 0 Å². The predicted octanol–water partition coefficient (Wildman–Crippen LogP) is 4.24. The van der Waals surface area contributed by atoms with Crippen LogP contribution in [0, 0.1) is 6.92 Å². The number of thiophene rings is 1. The minimum atomic E-state index is -0.303. The van der Waals surface area contributed by atoms with Crippen LogP contribution in [0.25, 0.3) is 11.3 Å². The average Bonchev–Trinajstić information content (AvgIpc) is 3.50. The van der Waals surface area contributed by atoms with Crippen LogP contribution in [0.4, 0.5) is 17.2 Å². The number of amides is 1. The van der Waals surface area contributed by atoms with Gasteiger partial charge in [-0.05, 0) is 36.1 Å². The summed E-state index contributed by atoms with van der Waals surface area (Å²) in [6, 6.07) is 11.1. The van der Waals surface area contributed by atoms with Gasteiger partial charge in [0.25, 0.3) is 11.5 Å². The summed E-state index contributed by atoms with van der Waals surface area (Å²) in [6.07, 6.45) is 0. The summed E-state index contributed by atoms with van der Waals surface area (Å²) in [6.45, 7) is 8.51. The minimum absolute atomic E-state index is 0.0229. The molecule has 9 nitrogen and oxygen atoms in total. The van der Waals surface area contributed by atoms with E-state index in [4.69, 9.17) is 0 Å². The van der Waals surface area contributed by atoms with Crippen LogP contribution in [0.15, 0.2) is 41.2 Å². The van der Waals surface area contributed by atoms with E-state index in [2.05, 4.69) is 42.4 Å². The Hall–Kier alpha value is -3.76. The summed E-state index contributed by atoms with van der Waals surface area (Å²) in [7, 11) is 3.41. The fourth-order valence-corrected chi connectivity index (χ4v) is 5.66. The number of carbonyl (C=O) groups excluding carboxylic acids is 1. The zero-order valence-corrected chi connectivity index (χ0v) is 22.6. The number of aliphatic hydroxyl groups is 1. The summed E-state index contributed by atoms with van der Waals surface area (Å²) in [5, 5.41) is 22.4. The maximum Gasteiger partial charge on any atom is 0.290 e. The third-order valence-electron chi connectivity index (χ3n) is 6.63. The Morgan fingerprint density at radius 3 is 2.46 bits per heavy atom. The molecule has 0 saturated carbocycles. The Bertz CT molecular complexity index is 1570. The molecule has 3 aromatic heterocycles. The van der Waals surface area contributed by atoms with Crippen molar-refractivity contribution in [3.05, 3.63) is 73.3 Å². The second-order valence-corrected chi connectivity index (χ2v) is 11.4. The highest BCUT2D eigenvalue weighted by molar-refractivity contribution is 7.14. The molecule has 0 unspecified atom stereocenters. The quantitative estimate of drug-likeness (QED) is 0.409. The third-order valence-corrected chi connectivity index (χ3v) is 8.22. The molecule has 192 valence electrons. The number of hydrogen-bond donors (Lipinski definition) is 2. The molecule has 0 radical (unpaired) electrons. The van der Waals surface area contributed by atoms with Crippen molar-refractivity contribution in [2.75, 3.05) is 10.2 Å². The lowest BCUT2D eigenvalue weighted by Crippen LogP contribution is -2.25. The second kappa shape index (κ2) is 8.97. The molecular formula is C27H30N6O3S. The summed E-state index contributed by atoms with van der Waals surface area (Å²) in [4.78, 5) is 29.9. The van der Waals surface area contributed by atoms with Crippen molar-refractivity contribution in [2.45, 2.75) is 46.3 Å². The van der Waals surface area contributed by atoms with Gasteiger partial charge in [-0.1, -0.05) is 32.9 Å². The number of aryl methyl sites for hydroxylation is 3. The number of nitrogens with zero attached hydrogens (tertiary/aromatic N) is 5. The number of fused-ring (bicyclic) bond motifs is 1. The SMILES string of the molecule is Cc1cc(Nc2cc(-c3cccc(N4Cc5cc(C(C)(C)C)sc5C4=O)c3CO)nn(C)c2=O)nn1C. The molecule has 0 aliphatic carbocycles. The molecule has 1 amide bonds. The van der Waals surface area contributed by atoms with Gasteiger partial charge in [0.05, 0.1) is 29.4 Å². The number of hydrogen-bond acceptors (Lipinski definition) is 7. The zero-order chi connectivity index (χ0) is 26.6. The average molecular weight is 519 g/mol. The molecule has 4 heterocycles. The van der Waals surface area contributed by atoms with Crippen molar-refractivity contribution in [3.8, 4) is 11.3 Å². The van der Waals surface area contributed by atoms with Gasteiger partial charge in [0, 0.05) is 41.9 Å². The topological polar surface area (TPSA) is 105 Å². The Labute approximate surface area is 219 Å². The fourth-order valence-electron chi connectivity index (χ4n) is 4.48. The Morgan fingerprint density at radius 1 is 1.08 bits per heavy atom. The second-order valence-electron chi connectivity index (χ2n) is 10.4. The fraction of sp³-hybridized carbons (Fsp3) is 0.333. The van der Waals surface area contributed by atoms with Gasteiger partial charge in [0.2, 0.25) is 0 Å². The number of benzene rings is 1. The van der Waals surface area contributed by atoms with Gasteiger partial charge < -0.3 is 15.3 Å². The van der Waals surface area contributed by atoms with Crippen molar-refractivity contribution in [1.82, 2.24) is 19.6 Å². The highest BCUT2D eigenvalue weighted by atomic mass is 32.1. The van der Waals surface area contributed by atoms with Gasteiger partial charge in [-0.25, -0.2) is 4.68 Å². The van der Waals surface area contributed by atoms with Gasteiger partial charge >= 0.3 is 0 Å². The molecule has 37 heavy (non-hydrogen) atoms. The van der Waals surface area contributed by atoms with Crippen molar-refractivity contribution >= 4 is 34.4 Å². The third kappa shape index (κ3) is 4.36. The van der Waals surface area contributed by atoms with Crippen LogP contribution < -0.4 is 15.8 Å². The lowest BCUT2D eigenvalue weighted by Gasteiger charge is -2.22. The lowest BCUT2D eigenvalue weighted by atomic mass is 9.94. The van der Waals surface area contributed by atoms with E-state index in [9.17, 15) is 14.7 Å². The van der Waals surface area contributed by atoms with Crippen LogP contribution in [0.2, 0.25) is 0 Å². The Balaban J connectivity index is 1.54. The number of carbonyl (C=O) groups is 1. The van der Waals surface area contributed by atoms with E-state index in [1.807, 2.05) is 38.2 Å². The number of aromatic nitrogens is 4. The first-order valence-electron chi connectivity index (χ1n) is 12.0. The summed E-state index contributed by atoms with van der Waals surface area (Å²) in [5.74, 6) is 0.484. The molecular weight excluding hydrogens is 488 g/mol. The van der Waals surface area contributed by atoms with E-state index in [1.54, 1.807) is 22.7 Å².